The van der Waals surface area contributed by atoms with Crippen LogP contribution in [0.5, 0.6) is 0 Å². The van der Waals surface area contributed by atoms with Gasteiger partial charge in [-0.2, -0.15) is 0 Å². The molecule has 0 saturated heterocycles. The van der Waals surface area contributed by atoms with Crippen molar-refractivity contribution in [1.29, 1.82) is 0 Å². The monoisotopic (exact) mass is 311 g/mol. The lowest BCUT2D eigenvalue weighted by Gasteiger charge is -2.19. The summed E-state index contributed by atoms with van der Waals surface area (Å²) in [6.07, 6.45) is 2.51. The predicted octanol–water partition coefficient (Wildman–Crippen LogP) is 2.24. The molecule has 1 saturated carbocycles. The van der Waals surface area contributed by atoms with Crippen molar-refractivity contribution in [2.45, 2.75) is 26.2 Å². The van der Waals surface area contributed by atoms with Crippen LogP contribution in [-0.4, -0.2) is 18.4 Å². The summed E-state index contributed by atoms with van der Waals surface area (Å²) in [6, 6.07) is 1.71. The third-order valence-electron chi connectivity index (χ3n) is 3.93. The summed E-state index contributed by atoms with van der Waals surface area (Å²) in [4.78, 5) is 23.5. The topological polar surface area (TPSA) is 84.2 Å². The van der Waals surface area contributed by atoms with Crippen LogP contribution in [0.25, 0.3) is 0 Å². The quantitative estimate of drug-likeness (QED) is 0.797. The molecule has 0 heterocycles. The molecule has 120 valence electrons. The molecular weight excluding hydrogens is 292 g/mol. The third kappa shape index (κ3) is 3.59. The van der Waals surface area contributed by atoms with Crippen molar-refractivity contribution in [2.75, 3.05) is 17.2 Å². The van der Waals surface area contributed by atoms with Crippen LogP contribution in [0, 0.1) is 23.5 Å². The van der Waals surface area contributed by atoms with Gasteiger partial charge in [0.2, 0.25) is 11.8 Å². The number of hydrogen-bond donors (Lipinski definition) is 3. The lowest BCUT2D eigenvalue weighted by Crippen LogP contribution is -2.30. The van der Waals surface area contributed by atoms with Crippen molar-refractivity contribution in [3.05, 3.63) is 23.8 Å². The average molecular weight is 311 g/mol. The maximum atomic E-state index is 13.4. The smallest absolute Gasteiger partial charge is 0.227 e. The standard InChI is InChI=1S/C15H19F2N3O2/c1-8(21)19-13-5-11(16)12(17)6-14(13)20-15(22)10-4-2-3-9(10)7-18/h5-6,9-10H,2-4,7,18H2,1H3,(H,19,21)(H,20,22)/t9-,10-/m1/s1. The lowest BCUT2D eigenvalue weighted by molar-refractivity contribution is -0.120. The number of anilines is 2. The first-order valence-corrected chi connectivity index (χ1v) is 7.20. The molecule has 22 heavy (non-hydrogen) atoms. The Morgan fingerprint density at radius 3 is 2.32 bits per heavy atom. The summed E-state index contributed by atoms with van der Waals surface area (Å²) in [7, 11) is 0. The molecule has 2 amide bonds. The molecule has 1 aliphatic rings. The highest BCUT2D eigenvalue weighted by Crippen LogP contribution is 2.33. The molecule has 1 aromatic carbocycles. The molecule has 0 radical (unpaired) electrons. The Balaban J connectivity index is 2.22. The van der Waals surface area contributed by atoms with E-state index in [-0.39, 0.29) is 29.1 Å². The highest BCUT2D eigenvalue weighted by atomic mass is 19.2. The number of carbonyl (C=O) groups excluding carboxylic acids is 2. The summed E-state index contributed by atoms with van der Waals surface area (Å²) >= 11 is 0. The summed E-state index contributed by atoms with van der Waals surface area (Å²) in [5.74, 6) is -3.07. The molecule has 5 nitrogen and oxygen atoms in total. The van der Waals surface area contributed by atoms with Gasteiger partial charge in [-0.25, -0.2) is 8.78 Å². The fourth-order valence-corrected chi connectivity index (χ4v) is 2.83. The molecule has 1 aliphatic carbocycles. The molecule has 0 bridgehead atoms. The van der Waals surface area contributed by atoms with Crippen LogP contribution in [0.4, 0.5) is 20.2 Å². The van der Waals surface area contributed by atoms with Crippen molar-refractivity contribution in [1.82, 2.24) is 0 Å². The number of hydrogen-bond acceptors (Lipinski definition) is 3. The van der Waals surface area contributed by atoms with Gasteiger partial charge in [0, 0.05) is 25.0 Å². The summed E-state index contributed by atoms with van der Waals surface area (Å²) < 4.78 is 26.7. The lowest BCUT2D eigenvalue weighted by atomic mass is 9.95. The minimum atomic E-state index is -1.09. The first kappa shape index (κ1) is 16.4. The first-order chi connectivity index (χ1) is 10.4. The Morgan fingerprint density at radius 1 is 1.18 bits per heavy atom. The summed E-state index contributed by atoms with van der Waals surface area (Å²) in [6.45, 7) is 1.66. The second-order valence-corrected chi connectivity index (χ2v) is 5.52. The molecule has 0 aliphatic heterocycles. The van der Waals surface area contributed by atoms with E-state index in [0.29, 0.717) is 13.0 Å². The zero-order valence-electron chi connectivity index (χ0n) is 12.3. The van der Waals surface area contributed by atoms with E-state index in [1.807, 2.05) is 0 Å². The molecule has 2 atom stereocenters. The molecule has 0 unspecified atom stereocenters. The Morgan fingerprint density at radius 2 is 1.77 bits per heavy atom. The van der Waals surface area contributed by atoms with Gasteiger partial charge in [0.1, 0.15) is 0 Å². The maximum Gasteiger partial charge on any atom is 0.227 e. The Bertz CT molecular complexity index is 592. The average Bonchev–Trinajstić information content (AvgIpc) is 2.92. The second kappa shape index (κ2) is 6.83. The Hall–Kier alpha value is -2.02. The number of amides is 2. The van der Waals surface area contributed by atoms with Gasteiger partial charge in [0.05, 0.1) is 11.4 Å². The molecule has 0 spiro atoms. The Kier molecular flexibility index (Phi) is 5.07. The van der Waals surface area contributed by atoms with E-state index in [1.54, 1.807) is 0 Å². The van der Waals surface area contributed by atoms with Crippen LogP contribution in [0.15, 0.2) is 12.1 Å². The van der Waals surface area contributed by atoms with E-state index in [4.69, 9.17) is 5.73 Å². The summed E-state index contributed by atoms with van der Waals surface area (Å²) in [5.41, 5.74) is 5.72. The highest BCUT2D eigenvalue weighted by Gasteiger charge is 2.32. The van der Waals surface area contributed by atoms with Crippen molar-refractivity contribution in [3.8, 4) is 0 Å². The van der Waals surface area contributed by atoms with E-state index in [2.05, 4.69) is 10.6 Å². The molecular formula is C15H19F2N3O2. The van der Waals surface area contributed by atoms with E-state index >= 15 is 0 Å². The van der Waals surface area contributed by atoms with Crippen molar-refractivity contribution in [2.24, 2.45) is 17.6 Å². The number of rotatable bonds is 4. The van der Waals surface area contributed by atoms with Gasteiger partial charge in [-0.3, -0.25) is 9.59 Å². The largest absolute Gasteiger partial charge is 0.330 e. The van der Waals surface area contributed by atoms with Gasteiger partial charge in [-0.05, 0) is 25.3 Å². The van der Waals surface area contributed by atoms with Crippen molar-refractivity contribution < 1.29 is 18.4 Å². The second-order valence-electron chi connectivity index (χ2n) is 5.52. The molecule has 1 fully saturated rings. The number of benzene rings is 1. The van der Waals surface area contributed by atoms with Crippen LogP contribution in [0.3, 0.4) is 0 Å². The highest BCUT2D eigenvalue weighted by molar-refractivity contribution is 5.99. The van der Waals surface area contributed by atoms with Crippen molar-refractivity contribution >= 4 is 23.2 Å². The fraction of sp³-hybridized carbons (Fsp3) is 0.467. The van der Waals surface area contributed by atoms with Gasteiger partial charge in [-0.1, -0.05) is 6.42 Å². The minimum absolute atomic E-state index is 0.0297. The van der Waals surface area contributed by atoms with Gasteiger partial charge < -0.3 is 16.4 Å². The molecule has 4 N–H and O–H groups in total. The van der Waals surface area contributed by atoms with Crippen LogP contribution < -0.4 is 16.4 Å². The van der Waals surface area contributed by atoms with Crippen LogP contribution in [-0.2, 0) is 9.59 Å². The number of nitrogens with one attached hydrogen (secondary N) is 2. The molecule has 2 rings (SSSR count). The zero-order valence-corrected chi connectivity index (χ0v) is 12.3. The van der Waals surface area contributed by atoms with E-state index in [1.165, 1.54) is 6.92 Å². The van der Waals surface area contributed by atoms with E-state index < -0.39 is 17.5 Å². The third-order valence-corrected chi connectivity index (χ3v) is 3.93. The SMILES string of the molecule is CC(=O)Nc1cc(F)c(F)cc1NC(=O)[C@@H]1CCC[C@@H]1CN. The first-order valence-electron chi connectivity index (χ1n) is 7.20. The number of nitrogens with two attached hydrogens (primary N) is 1. The van der Waals surface area contributed by atoms with Gasteiger partial charge in [0.15, 0.2) is 11.6 Å². The van der Waals surface area contributed by atoms with E-state index in [9.17, 15) is 18.4 Å². The number of carbonyl (C=O) groups is 2. The molecule has 7 heteroatoms. The van der Waals surface area contributed by atoms with Crippen LogP contribution >= 0.6 is 0 Å². The molecule has 0 aromatic heterocycles. The van der Waals surface area contributed by atoms with E-state index in [0.717, 1.165) is 25.0 Å². The zero-order chi connectivity index (χ0) is 16.3. The van der Waals surface area contributed by atoms with Gasteiger partial charge >= 0.3 is 0 Å². The van der Waals surface area contributed by atoms with Crippen molar-refractivity contribution in [3.63, 3.8) is 0 Å². The van der Waals surface area contributed by atoms with Gasteiger partial charge in [0.25, 0.3) is 0 Å². The van der Waals surface area contributed by atoms with Crippen LogP contribution in [0.2, 0.25) is 0 Å². The normalized spacial score (nSPS) is 20.7. The molecule has 1 aromatic rings. The van der Waals surface area contributed by atoms with Gasteiger partial charge in [-0.15, -0.1) is 0 Å². The minimum Gasteiger partial charge on any atom is -0.330 e. The number of halogens is 2. The summed E-state index contributed by atoms with van der Waals surface area (Å²) in [5, 5.41) is 4.95. The van der Waals surface area contributed by atoms with Crippen LogP contribution in [0.1, 0.15) is 26.2 Å². The predicted molar refractivity (Wildman–Crippen MR) is 79.2 cm³/mol. The maximum absolute atomic E-state index is 13.4. The Labute approximate surface area is 127 Å². The fourth-order valence-electron chi connectivity index (χ4n) is 2.83.